The van der Waals surface area contributed by atoms with Crippen LogP contribution in [0.15, 0.2) is 59.8 Å². The SMILES string of the molecule is C=C1N(c2ccc(C#N)c(C(F)(F)F)c2)C(=O)C2(CCC2)N1c1ccc(S(C)(=O)=O)cc1. The first-order chi connectivity index (χ1) is 14.9. The molecule has 1 aliphatic heterocycles. The van der Waals surface area contributed by atoms with Gasteiger partial charge in [-0.25, -0.2) is 8.42 Å². The monoisotopic (exact) mass is 461 g/mol. The zero-order valence-electron chi connectivity index (χ0n) is 17.0. The maximum Gasteiger partial charge on any atom is 0.417 e. The fraction of sp³-hybridized carbons (Fsp3) is 0.273. The molecule has 2 aromatic carbocycles. The Bertz CT molecular complexity index is 1270. The average Bonchev–Trinajstić information content (AvgIpc) is 2.93. The molecule has 166 valence electrons. The minimum Gasteiger partial charge on any atom is -0.313 e. The van der Waals surface area contributed by atoms with Crippen LogP contribution in [0, 0.1) is 11.3 Å². The molecular weight excluding hydrogens is 443 g/mol. The van der Waals surface area contributed by atoms with Gasteiger partial charge in [-0.3, -0.25) is 9.69 Å². The summed E-state index contributed by atoms with van der Waals surface area (Å²) in [6.07, 6.45) is -1.96. The Morgan fingerprint density at radius 3 is 2.16 bits per heavy atom. The summed E-state index contributed by atoms with van der Waals surface area (Å²) in [6, 6.07) is 10.6. The van der Waals surface area contributed by atoms with Crippen LogP contribution in [-0.4, -0.2) is 26.1 Å². The molecule has 2 fully saturated rings. The van der Waals surface area contributed by atoms with Crippen LogP contribution in [0.1, 0.15) is 30.4 Å². The summed E-state index contributed by atoms with van der Waals surface area (Å²) in [6.45, 7) is 3.97. The van der Waals surface area contributed by atoms with Crippen LogP contribution in [0.4, 0.5) is 24.5 Å². The van der Waals surface area contributed by atoms with Crippen molar-refractivity contribution in [1.29, 1.82) is 5.26 Å². The molecule has 1 saturated heterocycles. The molecule has 6 nitrogen and oxygen atoms in total. The van der Waals surface area contributed by atoms with Crippen molar-refractivity contribution < 1.29 is 26.4 Å². The third kappa shape index (κ3) is 3.24. The van der Waals surface area contributed by atoms with E-state index in [1.165, 1.54) is 24.3 Å². The number of nitrogens with zero attached hydrogens (tertiary/aromatic N) is 3. The molecule has 0 radical (unpaired) electrons. The zero-order chi connectivity index (χ0) is 23.5. The smallest absolute Gasteiger partial charge is 0.313 e. The van der Waals surface area contributed by atoms with Crippen LogP contribution in [0.2, 0.25) is 0 Å². The molecule has 10 heteroatoms. The highest BCUT2D eigenvalue weighted by molar-refractivity contribution is 7.90. The Morgan fingerprint density at radius 1 is 1.09 bits per heavy atom. The van der Waals surface area contributed by atoms with Gasteiger partial charge in [0.05, 0.1) is 27.8 Å². The molecule has 1 heterocycles. The number of halogens is 3. The standard InChI is InChI=1S/C22H18F3N3O3S/c1-14-27(17-5-4-15(13-26)19(12-17)22(23,24)25)20(29)21(10-3-11-21)28(14)16-6-8-18(9-7-16)32(2,30)31/h4-9,12H,1,3,10-11H2,2H3. The number of carbonyl (C=O) groups excluding carboxylic acids is 1. The number of amides is 1. The second-order valence-corrected chi connectivity index (χ2v) is 9.90. The minimum absolute atomic E-state index is 0.0344. The normalized spacial score (nSPS) is 18.1. The lowest BCUT2D eigenvalue weighted by atomic mass is 9.75. The van der Waals surface area contributed by atoms with E-state index < -0.39 is 38.6 Å². The topological polar surface area (TPSA) is 81.5 Å². The van der Waals surface area contributed by atoms with E-state index in [0.29, 0.717) is 18.5 Å². The van der Waals surface area contributed by atoms with Crippen molar-refractivity contribution in [2.24, 2.45) is 0 Å². The molecule has 0 bridgehead atoms. The summed E-state index contributed by atoms with van der Waals surface area (Å²) in [7, 11) is -3.42. The van der Waals surface area contributed by atoms with Gasteiger partial charge in [-0.1, -0.05) is 6.58 Å². The van der Waals surface area contributed by atoms with Crippen molar-refractivity contribution in [2.75, 3.05) is 16.1 Å². The lowest BCUT2D eigenvalue weighted by Crippen LogP contribution is -2.54. The first-order valence-corrected chi connectivity index (χ1v) is 11.5. The summed E-state index contributed by atoms with van der Waals surface area (Å²) in [5.74, 6) is -0.238. The van der Waals surface area contributed by atoms with Gasteiger partial charge in [0, 0.05) is 11.9 Å². The molecule has 4 rings (SSSR count). The van der Waals surface area contributed by atoms with Gasteiger partial charge in [-0.2, -0.15) is 18.4 Å². The van der Waals surface area contributed by atoms with Crippen LogP contribution in [0.25, 0.3) is 0 Å². The molecule has 2 aromatic rings. The van der Waals surface area contributed by atoms with Gasteiger partial charge in [0.2, 0.25) is 0 Å². The van der Waals surface area contributed by atoms with E-state index in [9.17, 15) is 26.4 Å². The summed E-state index contributed by atoms with van der Waals surface area (Å²) in [4.78, 5) is 16.3. The molecule has 2 aliphatic rings. The van der Waals surface area contributed by atoms with E-state index in [1.54, 1.807) is 17.0 Å². The molecule has 0 N–H and O–H groups in total. The first kappa shape index (κ1) is 21.9. The predicted molar refractivity (Wildman–Crippen MR) is 111 cm³/mol. The summed E-state index contributed by atoms with van der Waals surface area (Å²) >= 11 is 0. The Hall–Kier alpha value is -3.32. The van der Waals surface area contributed by atoms with Crippen LogP contribution < -0.4 is 9.80 Å². The average molecular weight is 461 g/mol. The summed E-state index contributed by atoms with van der Waals surface area (Å²) in [5.41, 5.74) is -2.17. The van der Waals surface area contributed by atoms with Gasteiger partial charge in [0.15, 0.2) is 9.84 Å². The van der Waals surface area contributed by atoms with Crippen molar-refractivity contribution in [2.45, 2.75) is 35.9 Å². The third-order valence-corrected chi connectivity index (χ3v) is 7.06. The van der Waals surface area contributed by atoms with Crippen molar-refractivity contribution in [3.8, 4) is 6.07 Å². The number of carbonyl (C=O) groups is 1. The van der Waals surface area contributed by atoms with E-state index in [4.69, 9.17) is 5.26 Å². The van der Waals surface area contributed by atoms with Crippen molar-refractivity contribution >= 4 is 27.1 Å². The van der Waals surface area contributed by atoms with Crippen LogP contribution in [0.3, 0.4) is 0 Å². The summed E-state index contributed by atoms with van der Waals surface area (Å²) in [5, 5.41) is 9.04. The molecule has 1 amide bonds. The van der Waals surface area contributed by atoms with Gasteiger partial charge in [-0.05, 0) is 61.7 Å². The molecule has 1 spiro atoms. The Labute approximate surface area is 183 Å². The molecule has 0 unspecified atom stereocenters. The van der Waals surface area contributed by atoms with Gasteiger partial charge < -0.3 is 4.90 Å². The Morgan fingerprint density at radius 2 is 1.69 bits per heavy atom. The zero-order valence-corrected chi connectivity index (χ0v) is 17.8. The quantitative estimate of drug-likeness (QED) is 0.684. The van der Waals surface area contributed by atoms with Gasteiger partial charge in [0.1, 0.15) is 11.4 Å². The number of hydrogen-bond acceptors (Lipinski definition) is 5. The van der Waals surface area contributed by atoms with Crippen LogP contribution >= 0.6 is 0 Å². The number of alkyl halides is 3. The number of anilines is 2. The number of rotatable bonds is 3. The second kappa shape index (κ2) is 7.10. The minimum atomic E-state index is -4.76. The molecule has 1 aliphatic carbocycles. The van der Waals surface area contributed by atoms with Crippen molar-refractivity contribution in [1.82, 2.24) is 0 Å². The van der Waals surface area contributed by atoms with Crippen molar-refractivity contribution in [3.05, 3.63) is 66.0 Å². The lowest BCUT2D eigenvalue weighted by Gasteiger charge is -2.43. The number of sulfone groups is 1. The van der Waals surface area contributed by atoms with Gasteiger partial charge in [0.25, 0.3) is 5.91 Å². The highest BCUT2D eigenvalue weighted by atomic mass is 32.2. The highest BCUT2D eigenvalue weighted by Crippen LogP contribution is 2.50. The molecule has 0 atom stereocenters. The molecule has 0 aromatic heterocycles. The van der Waals surface area contributed by atoms with E-state index in [2.05, 4.69) is 6.58 Å². The van der Waals surface area contributed by atoms with E-state index in [1.807, 2.05) is 0 Å². The van der Waals surface area contributed by atoms with Gasteiger partial charge in [-0.15, -0.1) is 0 Å². The van der Waals surface area contributed by atoms with E-state index in [-0.39, 0.29) is 16.4 Å². The van der Waals surface area contributed by atoms with Gasteiger partial charge >= 0.3 is 6.18 Å². The van der Waals surface area contributed by atoms with E-state index >= 15 is 0 Å². The Kier molecular flexibility index (Phi) is 4.86. The number of nitriles is 1. The predicted octanol–water partition coefficient (Wildman–Crippen LogP) is 4.23. The Balaban J connectivity index is 1.80. The third-order valence-electron chi connectivity index (χ3n) is 5.94. The first-order valence-electron chi connectivity index (χ1n) is 9.65. The fourth-order valence-corrected chi connectivity index (χ4v) is 4.86. The molecule has 32 heavy (non-hydrogen) atoms. The van der Waals surface area contributed by atoms with Crippen LogP contribution in [0.5, 0.6) is 0 Å². The maximum atomic E-state index is 13.5. The molecule has 1 saturated carbocycles. The summed E-state index contributed by atoms with van der Waals surface area (Å²) < 4.78 is 63.9. The van der Waals surface area contributed by atoms with Crippen molar-refractivity contribution in [3.63, 3.8) is 0 Å². The fourth-order valence-electron chi connectivity index (χ4n) is 4.23. The van der Waals surface area contributed by atoms with E-state index in [0.717, 1.165) is 29.7 Å². The second-order valence-electron chi connectivity index (χ2n) is 7.88. The van der Waals surface area contributed by atoms with Crippen LogP contribution in [-0.2, 0) is 20.8 Å². The highest BCUT2D eigenvalue weighted by Gasteiger charge is 2.58. The number of hydrogen-bond donors (Lipinski definition) is 0. The number of benzene rings is 2. The molecular formula is C22H18F3N3O3S. The lowest BCUT2D eigenvalue weighted by molar-refractivity contribution is -0.137. The largest absolute Gasteiger partial charge is 0.417 e. The maximum absolute atomic E-state index is 13.5.